The maximum absolute atomic E-state index is 6.34. The molecule has 4 nitrogen and oxygen atoms in total. The summed E-state index contributed by atoms with van der Waals surface area (Å²) in [5, 5.41) is 0. The zero-order valence-electron chi connectivity index (χ0n) is 20.2. The van der Waals surface area contributed by atoms with E-state index in [2.05, 4.69) is 56.2 Å². The Morgan fingerprint density at radius 3 is 2.28 bits per heavy atom. The van der Waals surface area contributed by atoms with Gasteiger partial charge < -0.3 is 9.64 Å². The minimum atomic E-state index is 0.00416. The second kappa shape index (κ2) is 8.07. The van der Waals surface area contributed by atoms with Crippen molar-refractivity contribution in [3.8, 4) is 0 Å². The molecule has 4 aliphatic rings. The van der Waals surface area contributed by atoms with Gasteiger partial charge in [-0.15, -0.1) is 0 Å². The molecule has 168 valence electrons. The standard InChI is InChI=1S/C25H47N3O/c1-20(2)27-11-10-25(19-27)18-22(25)17-21(3)26-12-14-28(15-13-26)23(4,5)24(6)9-7-8-16-29-24/h20-22H,7-19H2,1-6H3. The number of likely N-dealkylation sites (tertiary alicyclic amines) is 1. The second-order valence-electron chi connectivity index (χ2n) is 11.8. The van der Waals surface area contributed by atoms with E-state index in [1.807, 2.05) is 0 Å². The zero-order valence-corrected chi connectivity index (χ0v) is 20.2. The highest BCUT2D eigenvalue weighted by molar-refractivity contribution is 5.09. The fourth-order valence-corrected chi connectivity index (χ4v) is 6.67. The van der Waals surface area contributed by atoms with Gasteiger partial charge in [-0.25, -0.2) is 0 Å². The molecule has 0 N–H and O–H groups in total. The van der Waals surface area contributed by atoms with Gasteiger partial charge in [0, 0.05) is 57.0 Å². The smallest absolute Gasteiger partial charge is 0.0831 e. The van der Waals surface area contributed by atoms with Crippen LogP contribution in [0, 0.1) is 11.3 Å². The minimum Gasteiger partial charge on any atom is -0.373 e. The van der Waals surface area contributed by atoms with Crippen LogP contribution in [-0.4, -0.2) is 83.8 Å². The van der Waals surface area contributed by atoms with E-state index >= 15 is 0 Å². The highest BCUT2D eigenvalue weighted by atomic mass is 16.5. The number of ether oxygens (including phenoxy) is 1. The molecule has 4 heteroatoms. The van der Waals surface area contributed by atoms with E-state index in [4.69, 9.17) is 4.74 Å². The van der Waals surface area contributed by atoms with Crippen LogP contribution in [0.25, 0.3) is 0 Å². The van der Waals surface area contributed by atoms with Gasteiger partial charge in [0.2, 0.25) is 0 Å². The largest absolute Gasteiger partial charge is 0.373 e. The molecule has 3 saturated heterocycles. The van der Waals surface area contributed by atoms with Gasteiger partial charge in [0.1, 0.15) is 0 Å². The average molecular weight is 406 g/mol. The van der Waals surface area contributed by atoms with Crippen molar-refractivity contribution in [2.75, 3.05) is 45.9 Å². The molecule has 4 unspecified atom stereocenters. The third kappa shape index (κ3) is 4.16. The van der Waals surface area contributed by atoms with Crippen LogP contribution in [0.3, 0.4) is 0 Å². The van der Waals surface area contributed by atoms with E-state index in [9.17, 15) is 0 Å². The molecule has 0 amide bonds. The summed E-state index contributed by atoms with van der Waals surface area (Å²) in [6.45, 7) is 22.9. The van der Waals surface area contributed by atoms with Crippen LogP contribution in [0.4, 0.5) is 0 Å². The van der Waals surface area contributed by atoms with Crippen LogP contribution < -0.4 is 0 Å². The van der Waals surface area contributed by atoms with E-state index in [1.165, 1.54) is 77.8 Å². The molecule has 4 fully saturated rings. The van der Waals surface area contributed by atoms with Gasteiger partial charge in [0.15, 0.2) is 0 Å². The van der Waals surface area contributed by atoms with Gasteiger partial charge in [0.05, 0.1) is 5.60 Å². The van der Waals surface area contributed by atoms with Crippen LogP contribution >= 0.6 is 0 Å². The highest BCUT2D eigenvalue weighted by Gasteiger charge is 2.57. The van der Waals surface area contributed by atoms with Crippen molar-refractivity contribution < 1.29 is 4.74 Å². The van der Waals surface area contributed by atoms with Crippen molar-refractivity contribution in [1.82, 2.24) is 14.7 Å². The molecule has 0 radical (unpaired) electrons. The summed E-state index contributed by atoms with van der Waals surface area (Å²) in [4.78, 5) is 8.20. The number of hydrogen-bond donors (Lipinski definition) is 0. The van der Waals surface area contributed by atoms with Crippen LogP contribution in [-0.2, 0) is 4.74 Å². The zero-order chi connectivity index (χ0) is 20.9. The summed E-state index contributed by atoms with van der Waals surface area (Å²) in [5.74, 6) is 0.977. The molecule has 3 aliphatic heterocycles. The summed E-state index contributed by atoms with van der Waals surface area (Å²) in [5.41, 5.74) is 0.812. The normalized spacial score (nSPS) is 38.8. The maximum atomic E-state index is 6.34. The van der Waals surface area contributed by atoms with E-state index < -0.39 is 0 Å². The number of rotatable bonds is 6. The van der Waals surface area contributed by atoms with Crippen molar-refractivity contribution in [1.29, 1.82) is 0 Å². The summed E-state index contributed by atoms with van der Waals surface area (Å²) >= 11 is 0. The fourth-order valence-electron chi connectivity index (χ4n) is 6.67. The van der Waals surface area contributed by atoms with Crippen LogP contribution in [0.15, 0.2) is 0 Å². The van der Waals surface area contributed by atoms with E-state index in [1.54, 1.807) is 0 Å². The Balaban J connectivity index is 1.26. The number of hydrogen-bond acceptors (Lipinski definition) is 4. The minimum absolute atomic E-state index is 0.00416. The first kappa shape index (κ1) is 22.0. The lowest BCUT2D eigenvalue weighted by molar-refractivity contribution is -0.159. The first-order valence-electron chi connectivity index (χ1n) is 12.5. The molecule has 1 aliphatic carbocycles. The molecular formula is C25H47N3O. The van der Waals surface area contributed by atoms with Crippen molar-refractivity contribution in [2.24, 2.45) is 11.3 Å². The van der Waals surface area contributed by atoms with Crippen molar-refractivity contribution in [3.63, 3.8) is 0 Å². The predicted molar refractivity (Wildman–Crippen MR) is 121 cm³/mol. The highest BCUT2D eigenvalue weighted by Crippen LogP contribution is 2.60. The van der Waals surface area contributed by atoms with Crippen molar-refractivity contribution in [2.45, 2.75) is 103 Å². The lowest BCUT2D eigenvalue weighted by atomic mass is 9.77. The van der Waals surface area contributed by atoms with Gasteiger partial charge in [0.25, 0.3) is 0 Å². The first-order valence-corrected chi connectivity index (χ1v) is 12.5. The van der Waals surface area contributed by atoms with Gasteiger partial charge in [-0.2, -0.15) is 0 Å². The Hall–Kier alpha value is -0.160. The van der Waals surface area contributed by atoms with E-state index in [0.717, 1.165) is 24.6 Å². The fraction of sp³-hybridized carbons (Fsp3) is 1.00. The van der Waals surface area contributed by atoms with E-state index in [-0.39, 0.29) is 11.1 Å². The third-order valence-electron chi connectivity index (χ3n) is 9.62. The average Bonchev–Trinajstić information content (AvgIpc) is 3.16. The van der Waals surface area contributed by atoms with Gasteiger partial charge in [-0.3, -0.25) is 9.80 Å². The third-order valence-corrected chi connectivity index (χ3v) is 9.62. The molecule has 4 atom stereocenters. The molecule has 0 bridgehead atoms. The lowest BCUT2D eigenvalue weighted by Crippen LogP contribution is -2.65. The molecular weight excluding hydrogens is 358 g/mol. The van der Waals surface area contributed by atoms with Gasteiger partial charge in [-0.05, 0) is 97.9 Å². The topological polar surface area (TPSA) is 19.0 Å². The van der Waals surface area contributed by atoms with Crippen LogP contribution in [0.1, 0.15) is 80.1 Å². The summed E-state index contributed by atoms with van der Waals surface area (Å²) in [6, 6.07) is 1.46. The molecule has 29 heavy (non-hydrogen) atoms. The Morgan fingerprint density at radius 2 is 1.69 bits per heavy atom. The van der Waals surface area contributed by atoms with Crippen LogP contribution in [0.2, 0.25) is 0 Å². The van der Waals surface area contributed by atoms with Crippen LogP contribution in [0.5, 0.6) is 0 Å². The molecule has 4 rings (SSSR count). The summed E-state index contributed by atoms with van der Waals surface area (Å²) in [6.07, 6.45) is 8.10. The number of nitrogens with zero attached hydrogens (tertiary/aromatic N) is 3. The Labute approximate surface area is 180 Å². The van der Waals surface area contributed by atoms with Gasteiger partial charge in [-0.1, -0.05) is 0 Å². The molecule has 0 aromatic heterocycles. The van der Waals surface area contributed by atoms with E-state index in [0.29, 0.717) is 5.41 Å². The lowest BCUT2D eigenvalue weighted by Gasteiger charge is -2.54. The van der Waals surface area contributed by atoms with Crippen molar-refractivity contribution in [3.05, 3.63) is 0 Å². The van der Waals surface area contributed by atoms with Crippen molar-refractivity contribution >= 4 is 0 Å². The Kier molecular flexibility index (Phi) is 6.14. The molecule has 1 saturated carbocycles. The molecule has 0 aromatic rings. The Bertz CT molecular complexity index is 562. The number of piperazine rings is 1. The second-order valence-corrected chi connectivity index (χ2v) is 11.8. The summed E-state index contributed by atoms with van der Waals surface area (Å²) in [7, 11) is 0. The molecule has 3 heterocycles. The molecule has 1 spiro atoms. The summed E-state index contributed by atoms with van der Waals surface area (Å²) < 4.78 is 6.34. The van der Waals surface area contributed by atoms with Gasteiger partial charge >= 0.3 is 0 Å². The monoisotopic (exact) mass is 405 g/mol. The Morgan fingerprint density at radius 1 is 0.966 bits per heavy atom. The SMILES string of the molecule is CC(C)N1CCC2(CC2CC(C)N2CCN(C(C)(C)C3(C)CCCCO3)CC2)C1. The maximum Gasteiger partial charge on any atom is 0.0831 e. The first-order chi connectivity index (χ1) is 13.7. The molecule has 0 aromatic carbocycles. The predicted octanol–water partition coefficient (Wildman–Crippen LogP) is 4.24. The quantitative estimate of drug-likeness (QED) is 0.658.